The molecule has 0 atom stereocenters. The number of fused-ring (bicyclic) bond motifs is 1. The second-order valence-corrected chi connectivity index (χ2v) is 12.0. The summed E-state index contributed by atoms with van der Waals surface area (Å²) in [5.41, 5.74) is 3.60. The van der Waals surface area contributed by atoms with Gasteiger partial charge in [-0.25, -0.2) is 13.5 Å². The van der Waals surface area contributed by atoms with E-state index in [1.165, 1.54) is 12.1 Å². The van der Waals surface area contributed by atoms with E-state index in [2.05, 4.69) is 53.7 Å². The van der Waals surface area contributed by atoms with Gasteiger partial charge in [0, 0.05) is 22.9 Å². The lowest BCUT2D eigenvalue weighted by Gasteiger charge is -2.37. The van der Waals surface area contributed by atoms with Gasteiger partial charge in [-0.3, -0.25) is 4.79 Å². The molecule has 0 spiro atoms. The maximum absolute atomic E-state index is 15.0. The van der Waals surface area contributed by atoms with Crippen LogP contribution in [-0.2, 0) is 10.3 Å². The van der Waals surface area contributed by atoms with E-state index in [9.17, 15) is 9.18 Å². The highest BCUT2D eigenvalue weighted by atomic mass is 19.1. The fraction of sp³-hybridized carbons (Fsp3) is 0.179. The molecule has 5 aromatic carbocycles. The summed E-state index contributed by atoms with van der Waals surface area (Å²) < 4.78 is 30.9. The summed E-state index contributed by atoms with van der Waals surface area (Å²) in [6.07, 6.45) is 1.52. The Hall–Kier alpha value is -5.14. The molecule has 0 unspecified atom stereocenters. The number of piperidine rings is 1. The Kier molecular flexibility index (Phi) is 7.93. The monoisotopic (exact) mass is 612 g/mol. The van der Waals surface area contributed by atoms with E-state index in [0.29, 0.717) is 16.8 Å². The number of hydrogen-bond acceptors (Lipinski definition) is 3. The van der Waals surface area contributed by atoms with E-state index in [4.69, 9.17) is 5.10 Å². The van der Waals surface area contributed by atoms with Crippen LogP contribution in [0.15, 0.2) is 127 Å². The topological polar surface area (TPSA) is 50.2 Å². The van der Waals surface area contributed by atoms with Crippen LogP contribution in [0.3, 0.4) is 0 Å². The van der Waals surface area contributed by atoms with Gasteiger partial charge in [0.15, 0.2) is 5.82 Å². The summed E-state index contributed by atoms with van der Waals surface area (Å²) in [5, 5.41) is 9.07. The third-order valence-electron chi connectivity index (χ3n) is 9.15. The van der Waals surface area contributed by atoms with E-state index in [0.717, 1.165) is 54.2 Å². The van der Waals surface area contributed by atoms with E-state index in [1.807, 2.05) is 77.5 Å². The summed E-state index contributed by atoms with van der Waals surface area (Å²) in [7, 11) is 2.07. The van der Waals surface area contributed by atoms with Gasteiger partial charge >= 0.3 is 0 Å². The molecule has 0 bridgehead atoms. The first kappa shape index (κ1) is 29.6. The minimum Gasteiger partial charge on any atom is -0.308 e. The van der Waals surface area contributed by atoms with Crippen LogP contribution in [0.1, 0.15) is 29.5 Å². The second kappa shape index (κ2) is 12.3. The van der Waals surface area contributed by atoms with Crippen molar-refractivity contribution in [3.8, 4) is 11.1 Å². The number of nitrogens with zero attached hydrogens (tertiary/aromatic N) is 3. The van der Waals surface area contributed by atoms with Crippen molar-refractivity contribution in [1.29, 1.82) is 0 Å². The lowest BCUT2D eigenvalue weighted by atomic mass is 9.77. The zero-order valence-corrected chi connectivity index (χ0v) is 25.5. The van der Waals surface area contributed by atoms with Crippen molar-refractivity contribution >= 4 is 22.6 Å². The first-order valence-electron chi connectivity index (χ1n) is 15.6. The minimum absolute atomic E-state index is 0.0808. The molecule has 0 saturated carbocycles. The molecule has 1 aliphatic rings. The molecular weight excluding hydrogens is 578 g/mol. The Morgan fingerprint density at radius 1 is 0.761 bits per heavy atom. The number of benzene rings is 5. The van der Waals surface area contributed by atoms with E-state index in [-0.39, 0.29) is 17.4 Å². The number of rotatable bonds is 7. The number of carbonyl (C=O) groups is 1. The Morgan fingerprint density at radius 3 is 1.87 bits per heavy atom. The van der Waals surface area contributed by atoms with Crippen LogP contribution < -0.4 is 5.32 Å². The molecule has 1 N–H and O–H groups in total. The number of nitrogens with one attached hydrogen (secondary N) is 1. The Labute approximate surface area is 267 Å². The number of likely N-dealkylation sites (tertiary alicyclic amines) is 1. The van der Waals surface area contributed by atoms with Crippen molar-refractivity contribution < 1.29 is 13.6 Å². The van der Waals surface area contributed by atoms with Crippen molar-refractivity contribution in [2.45, 2.75) is 18.4 Å². The molecular formula is C39H34F2N4O. The molecule has 7 rings (SSSR count). The first-order valence-corrected chi connectivity index (χ1v) is 15.6. The zero-order chi connectivity index (χ0) is 31.7. The highest BCUT2D eigenvalue weighted by molar-refractivity contribution is 6.02. The van der Waals surface area contributed by atoms with Gasteiger partial charge in [0.05, 0.1) is 5.52 Å². The van der Waals surface area contributed by atoms with Crippen LogP contribution in [0.5, 0.6) is 0 Å². The third-order valence-corrected chi connectivity index (χ3v) is 9.15. The SMILES string of the molecule is CN1CCC(C(=O)Nc2nn(C(c3ccccc3)(c3ccccc3)c3ccccc3)c3ccc(-c4ccc(F)cc4F)cc23)CC1. The summed E-state index contributed by atoms with van der Waals surface area (Å²) in [6.45, 7) is 1.70. The average molecular weight is 613 g/mol. The smallest absolute Gasteiger partial charge is 0.228 e. The van der Waals surface area contributed by atoms with Crippen molar-refractivity contribution in [1.82, 2.24) is 14.7 Å². The normalized spacial score (nSPS) is 14.4. The van der Waals surface area contributed by atoms with Crippen molar-refractivity contribution in [3.05, 3.63) is 156 Å². The highest BCUT2D eigenvalue weighted by Gasteiger charge is 2.41. The predicted octanol–water partition coefficient (Wildman–Crippen LogP) is 8.10. The Morgan fingerprint density at radius 2 is 1.33 bits per heavy atom. The Balaban J connectivity index is 1.50. The van der Waals surface area contributed by atoms with Crippen LogP contribution >= 0.6 is 0 Å². The molecule has 1 aliphatic heterocycles. The number of amides is 1. The fourth-order valence-corrected chi connectivity index (χ4v) is 6.75. The highest BCUT2D eigenvalue weighted by Crippen LogP contribution is 2.44. The Bertz CT molecular complexity index is 1890. The van der Waals surface area contributed by atoms with Gasteiger partial charge in [-0.2, -0.15) is 5.10 Å². The van der Waals surface area contributed by atoms with Gasteiger partial charge in [-0.15, -0.1) is 0 Å². The largest absolute Gasteiger partial charge is 0.308 e. The van der Waals surface area contributed by atoms with Crippen LogP contribution in [0.4, 0.5) is 14.6 Å². The summed E-state index contributed by atoms with van der Waals surface area (Å²) in [4.78, 5) is 16.0. The average Bonchev–Trinajstić information content (AvgIpc) is 3.44. The third kappa shape index (κ3) is 5.26. The lowest BCUT2D eigenvalue weighted by molar-refractivity contribution is -0.121. The van der Waals surface area contributed by atoms with E-state index < -0.39 is 17.2 Å². The number of carbonyl (C=O) groups excluding carboxylic acids is 1. The lowest BCUT2D eigenvalue weighted by Crippen LogP contribution is -2.39. The summed E-state index contributed by atoms with van der Waals surface area (Å²) in [6, 6.07) is 39.7. The maximum atomic E-state index is 15.0. The van der Waals surface area contributed by atoms with E-state index in [1.54, 1.807) is 0 Å². The molecule has 5 nitrogen and oxygen atoms in total. The van der Waals surface area contributed by atoms with Gasteiger partial charge in [0.25, 0.3) is 0 Å². The van der Waals surface area contributed by atoms with Crippen LogP contribution in [0.2, 0.25) is 0 Å². The maximum Gasteiger partial charge on any atom is 0.228 e. The van der Waals surface area contributed by atoms with Crippen LogP contribution in [0.25, 0.3) is 22.0 Å². The van der Waals surface area contributed by atoms with Gasteiger partial charge < -0.3 is 10.2 Å². The van der Waals surface area contributed by atoms with Crippen LogP contribution in [0, 0.1) is 17.6 Å². The number of halogens is 2. The second-order valence-electron chi connectivity index (χ2n) is 12.0. The molecule has 0 aliphatic carbocycles. The summed E-state index contributed by atoms with van der Waals surface area (Å²) >= 11 is 0. The number of anilines is 1. The van der Waals surface area contributed by atoms with Crippen molar-refractivity contribution in [3.63, 3.8) is 0 Å². The molecule has 1 amide bonds. The fourth-order valence-electron chi connectivity index (χ4n) is 6.75. The molecule has 0 radical (unpaired) electrons. The zero-order valence-electron chi connectivity index (χ0n) is 25.5. The van der Waals surface area contributed by atoms with Crippen LogP contribution in [-0.4, -0.2) is 40.7 Å². The van der Waals surface area contributed by atoms with Gasteiger partial charge in [0.1, 0.15) is 17.2 Å². The minimum atomic E-state index is -0.929. The molecule has 230 valence electrons. The molecule has 1 saturated heterocycles. The summed E-state index contributed by atoms with van der Waals surface area (Å²) in [5.74, 6) is -1.12. The predicted molar refractivity (Wildman–Crippen MR) is 179 cm³/mol. The quantitative estimate of drug-likeness (QED) is 0.185. The molecule has 7 heteroatoms. The molecule has 6 aromatic rings. The number of hydrogen-bond donors (Lipinski definition) is 1. The van der Waals surface area contributed by atoms with E-state index >= 15 is 4.39 Å². The van der Waals surface area contributed by atoms with Crippen molar-refractivity contribution in [2.24, 2.45) is 5.92 Å². The van der Waals surface area contributed by atoms with Crippen molar-refractivity contribution in [2.75, 3.05) is 25.5 Å². The standard InChI is InChI=1S/C39H34F2N4O/c1-44-23-21-27(22-24-44)38(46)42-37-34-25-28(33-19-18-32(40)26-35(33)41)17-20-36(34)45(43-37)39(29-11-5-2-6-12-29,30-13-7-3-8-14-30)31-15-9-4-10-16-31/h2-20,25-27H,21-24H2,1H3,(H,42,43,46). The number of aromatic nitrogens is 2. The molecule has 46 heavy (non-hydrogen) atoms. The van der Waals surface area contributed by atoms with Gasteiger partial charge in [-0.05, 0) is 79.5 Å². The van der Waals surface area contributed by atoms with Gasteiger partial charge in [0.2, 0.25) is 5.91 Å². The molecule has 1 aromatic heterocycles. The molecule has 1 fully saturated rings. The van der Waals surface area contributed by atoms with Gasteiger partial charge in [-0.1, -0.05) is 97.1 Å². The first-order chi connectivity index (χ1) is 22.4. The molecule has 2 heterocycles.